The summed E-state index contributed by atoms with van der Waals surface area (Å²) >= 11 is 24.1. The number of amides is 1. The van der Waals surface area contributed by atoms with Crippen LogP contribution >= 0.6 is 46.4 Å². The Hall–Kier alpha value is -0.970. The van der Waals surface area contributed by atoms with Crippen LogP contribution in [0, 0.1) is 0 Å². The maximum Gasteiger partial charge on any atom is 0.240 e. The third-order valence-corrected chi connectivity index (χ3v) is 5.36. The topological polar surface area (TPSA) is 46.3 Å². The summed E-state index contributed by atoms with van der Waals surface area (Å²) in [7, 11) is 0. The van der Waals surface area contributed by atoms with Gasteiger partial charge in [-0.3, -0.25) is 4.79 Å². The van der Waals surface area contributed by atoms with E-state index in [-0.39, 0.29) is 5.91 Å². The number of fused-ring (bicyclic) bond motifs is 1. The normalized spacial score (nSPS) is 14.6. The lowest BCUT2D eigenvalue weighted by Crippen LogP contribution is -2.42. The maximum absolute atomic E-state index is 12.6. The minimum Gasteiger partial charge on any atom is -0.333 e. The van der Waals surface area contributed by atoms with Gasteiger partial charge < -0.3 is 10.6 Å². The second-order valence-corrected chi connectivity index (χ2v) is 7.43. The predicted molar refractivity (Wildman–Crippen MR) is 98.9 cm³/mol. The van der Waals surface area contributed by atoms with Crippen LogP contribution < -0.4 is 5.73 Å². The van der Waals surface area contributed by atoms with Crippen molar-refractivity contribution >= 4 is 52.3 Å². The van der Waals surface area contributed by atoms with Gasteiger partial charge in [0, 0.05) is 23.1 Å². The average Bonchev–Trinajstić information content (AvgIpc) is 2.92. The fourth-order valence-corrected chi connectivity index (χ4v) is 3.65. The summed E-state index contributed by atoms with van der Waals surface area (Å²) in [6.07, 6.45) is 0.350. The molecule has 2 aromatic rings. The first-order valence-corrected chi connectivity index (χ1v) is 8.81. The molecule has 1 atom stereocenters. The Morgan fingerprint density at radius 1 is 1.00 bits per heavy atom. The van der Waals surface area contributed by atoms with Crippen molar-refractivity contribution in [3.05, 3.63) is 67.1 Å². The van der Waals surface area contributed by atoms with Crippen molar-refractivity contribution < 1.29 is 4.79 Å². The molecule has 126 valence electrons. The van der Waals surface area contributed by atoms with Gasteiger partial charge in [-0.25, -0.2) is 0 Å². The molecule has 0 saturated heterocycles. The summed E-state index contributed by atoms with van der Waals surface area (Å²) in [5, 5.41) is 2.03. The van der Waals surface area contributed by atoms with Crippen LogP contribution in [0.4, 0.5) is 0 Å². The molecule has 2 N–H and O–H groups in total. The first-order valence-electron chi connectivity index (χ1n) is 7.30. The van der Waals surface area contributed by atoms with Crippen LogP contribution in [0.2, 0.25) is 20.1 Å². The number of benzene rings is 2. The molecule has 0 saturated carbocycles. The van der Waals surface area contributed by atoms with E-state index in [1.807, 2.05) is 0 Å². The molecule has 0 aromatic heterocycles. The molecule has 24 heavy (non-hydrogen) atoms. The number of nitrogens with two attached hydrogens (primary N) is 1. The zero-order valence-corrected chi connectivity index (χ0v) is 15.6. The van der Waals surface area contributed by atoms with Crippen molar-refractivity contribution in [3.8, 4) is 0 Å². The molecule has 7 heteroatoms. The van der Waals surface area contributed by atoms with Crippen LogP contribution in [-0.2, 0) is 24.3 Å². The lowest BCUT2D eigenvalue weighted by atomic mass is 10.1. The van der Waals surface area contributed by atoms with E-state index in [0.29, 0.717) is 39.6 Å². The maximum atomic E-state index is 12.6. The first-order chi connectivity index (χ1) is 11.3. The second-order valence-electron chi connectivity index (χ2n) is 5.78. The van der Waals surface area contributed by atoms with Crippen LogP contribution in [0.3, 0.4) is 0 Å². The van der Waals surface area contributed by atoms with E-state index in [1.165, 1.54) is 0 Å². The van der Waals surface area contributed by atoms with Gasteiger partial charge >= 0.3 is 0 Å². The molecule has 1 heterocycles. The van der Waals surface area contributed by atoms with Crippen molar-refractivity contribution in [3.63, 3.8) is 0 Å². The van der Waals surface area contributed by atoms with E-state index in [9.17, 15) is 4.79 Å². The van der Waals surface area contributed by atoms with E-state index in [0.717, 1.165) is 16.7 Å². The monoisotopic (exact) mass is 402 g/mol. The Morgan fingerprint density at radius 2 is 1.58 bits per heavy atom. The molecule has 0 spiro atoms. The summed E-state index contributed by atoms with van der Waals surface area (Å²) in [6.45, 7) is 0.959. The number of carbonyl (C=O) groups excluding carboxylic acids is 1. The standard InChI is InChI=1S/C17H14Cl4N2O/c18-12-2-1-9(13(19)6-12)5-16(22)17(24)23-7-10-3-14(20)15(21)4-11(10)8-23/h1-4,6,16H,5,7-8,22H2/t16-/m1/s1. The molecule has 0 radical (unpaired) electrons. The van der Waals surface area contributed by atoms with Gasteiger partial charge in [0.2, 0.25) is 5.91 Å². The summed E-state index contributed by atoms with van der Waals surface area (Å²) < 4.78 is 0. The molecule has 0 aliphatic carbocycles. The highest BCUT2D eigenvalue weighted by Crippen LogP contribution is 2.32. The molecule has 1 amide bonds. The van der Waals surface area contributed by atoms with Crippen LogP contribution in [-0.4, -0.2) is 16.8 Å². The minimum absolute atomic E-state index is 0.135. The number of hydrogen-bond donors (Lipinski definition) is 1. The number of carbonyl (C=O) groups is 1. The van der Waals surface area contributed by atoms with Gasteiger partial charge in [-0.05, 0) is 47.4 Å². The Bertz CT molecular complexity index is 778. The van der Waals surface area contributed by atoms with Crippen LogP contribution in [0.25, 0.3) is 0 Å². The zero-order valence-electron chi connectivity index (χ0n) is 12.5. The molecule has 2 aromatic carbocycles. The van der Waals surface area contributed by atoms with Crippen LogP contribution in [0.15, 0.2) is 30.3 Å². The highest BCUT2D eigenvalue weighted by atomic mass is 35.5. The Labute approximate surface area is 160 Å². The zero-order chi connectivity index (χ0) is 17.4. The summed E-state index contributed by atoms with van der Waals surface area (Å²) in [5.41, 5.74) is 8.88. The highest BCUT2D eigenvalue weighted by molar-refractivity contribution is 6.42. The highest BCUT2D eigenvalue weighted by Gasteiger charge is 2.28. The van der Waals surface area contributed by atoms with Crippen molar-refractivity contribution in [2.45, 2.75) is 25.6 Å². The molecule has 3 rings (SSSR count). The van der Waals surface area contributed by atoms with Gasteiger partial charge in [0.25, 0.3) is 0 Å². The van der Waals surface area contributed by atoms with E-state index in [4.69, 9.17) is 52.1 Å². The van der Waals surface area contributed by atoms with E-state index >= 15 is 0 Å². The van der Waals surface area contributed by atoms with Crippen molar-refractivity contribution in [2.75, 3.05) is 0 Å². The Morgan fingerprint density at radius 3 is 2.12 bits per heavy atom. The lowest BCUT2D eigenvalue weighted by Gasteiger charge is -2.20. The molecule has 3 nitrogen and oxygen atoms in total. The van der Waals surface area contributed by atoms with Crippen LogP contribution in [0.5, 0.6) is 0 Å². The third-order valence-electron chi connectivity index (χ3n) is 4.05. The SMILES string of the molecule is N[C@H](Cc1ccc(Cl)cc1Cl)C(=O)N1Cc2cc(Cl)c(Cl)cc2C1. The van der Waals surface area contributed by atoms with Crippen molar-refractivity contribution in [2.24, 2.45) is 5.73 Å². The van der Waals surface area contributed by atoms with E-state index < -0.39 is 6.04 Å². The van der Waals surface area contributed by atoms with E-state index in [1.54, 1.807) is 35.2 Å². The lowest BCUT2D eigenvalue weighted by molar-refractivity contribution is -0.133. The number of nitrogens with zero attached hydrogens (tertiary/aromatic N) is 1. The third kappa shape index (κ3) is 3.66. The molecule has 0 fully saturated rings. The Kier molecular flexibility index (Phi) is 5.28. The second kappa shape index (κ2) is 7.11. The number of hydrogen-bond acceptors (Lipinski definition) is 2. The van der Waals surface area contributed by atoms with Crippen molar-refractivity contribution in [1.29, 1.82) is 0 Å². The van der Waals surface area contributed by atoms with Gasteiger partial charge in [-0.1, -0.05) is 52.5 Å². The fourth-order valence-electron chi connectivity index (χ4n) is 2.79. The van der Waals surface area contributed by atoms with Gasteiger partial charge in [0.05, 0.1) is 16.1 Å². The molecule has 1 aliphatic rings. The smallest absolute Gasteiger partial charge is 0.240 e. The largest absolute Gasteiger partial charge is 0.333 e. The Balaban J connectivity index is 1.71. The van der Waals surface area contributed by atoms with Crippen LogP contribution in [0.1, 0.15) is 16.7 Å². The number of halogens is 4. The molecule has 0 bridgehead atoms. The summed E-state index contributed by atoms with van der Waals surface area (Å²) in [5.74, 6) is -0.135. The average molecular weight is 404 g/mol. The molecule has 1 aliphatic heterocycles. The number of rotatable bonds is 3. The van der Waals surface area contributed by atoms with Gasteiger partial charge in [-0.15, -0.1) is 0 Å². The van der Waals surface area contributed by atoms with Gasteiger partial charge in [-0.2, -0.15) is 0 Å². The summed E-state index contributed by atoms with van der Waals surface area (Å²) in [6, 6.07) is 8.09. The van der Waals surface area contributed by atoms with E-state index in [2.05, 4.69) is 0 Å². The predicted octanol–water partition coefficient (Wildman–Crippen LogP) is 4.71. The van der Waals surface area contributed by atoms with Crippen molar-refractivity contribution in [1.82, 2.24) is 4.90 Å². The molecular formula is C17H14Cl4N2O. The fraction of sp³-hybridized carbons (Fsp3) is 0.235. The molecule has 0 unspecified atom stereocenters. The quantitative estimate of drug-likeness (QED) is 0.806. The molecular weight excluding hydrogens is 390 g/mol. The van der Waals surface area contributed by atoms with Gasteiger partial charge in [0.15, 0.2) is 0 Å². The first kappa shape index (κ1) is 17.8. The van der Waals surface area contributed by atoms with Gasteiger partial charge in [0.1, 0.15) is 0 Å². The summed E-state index contributed by atoms with van der Waals surface area (Å²) in [4.78, 5) is 14.3. The minimum atomic E-state index is -0.677.